The highest BCUT2D eigenvalue weighted by atomic mass is 79.9. The van der Waals surface area contributed by atoms with Crippen LogP contribution in [0.4, 0.5) is 0 Å². The molecule has 0 aliphatic rings. The van der Waals surface area contributed by atoms with Crippen molar-refractivity contribution in [1.29, 1.82) is 0 Å². The highest BCUT2D eigenvalue weighted by molar-refractivity contribution is 9.10. The molecule has 4 N–H and O–H groups in total. The SMILES string of the molecule is CC(N)C(c1cc(Br)cs1)N(CCO)CCO. The molecule has 0 amide bonds. The minimum atomic E-state index is -0.0568. The van der Waals surface area contributed by atoms with Crippen molar-refractivity contribution in [3.8, 4) is 0 Å². The minimum Gasteiger partial charge on any atom is -0.395 e. The van der Waals surface area contributed by atoms with Gasteiger partial charge >= 0.3 is 0 Å². The summed E-state index contributed by atoms with van der Waals surface area (Å²) in [6.07, 6.45) is 0. The third kappa shape index (κ3) is 4.31. The van der Waals surface area contributed by atoms with E-state index in [0.717, 1.165) is 9.35 Å². The van der Waals surface area contributed by atoms with E-state index in [2.05, 4.69) is 15.9 Å². The summed E-state index contributed by atoms with van der Waals surface area (Å²) in [5.74, 6) is 0. The van der Waals surface area contributed by atoms with Gasteiger partial charge in [-0.15, -0.1) is 11.3 Å². The maximum Gasteiger partial charge on any atom is 0.0592 e. The Kier molecular flexibility index (Phi) is 6.61. The summed E-state index contributed by atoms with van der Waals surface area (Å²) < 4.78 is 1.04. The lowest BCUT2D eigenvalue weighted by molar-refractivity contribution is 0.112. The minimum absolute atomic E-state index is 0.0330. The van der Waals surface area contributed by atoms with E-state index < -0.39 is 0 Å². The monoisotopic (exact) mass is 322 g/mol. The van der Waals surface area contributed by atoms with Crippen molar-refractivity contribution in [2.75, 3.05) is 26.3 Å². The quantitative estimate of drug-likeness (QED) is 0.705. The van der Waals surface area contributed by atoms with Crippen LogP contribution in [0.25, 0.3) is 0 Å². The summed E-state index contributed by atoms with van der Waals surface area (Å²) in [6, 6.07) is 2.02. The maximum atomic E-state index is 9.08. The number of halogens is 1. The number of thiophene rings is 1. The summed E-state index contributed by atoms with van der Waals surface area (Å²) in [5.41, 5.74) is 6.03. The molecule has 17 heavy (non-hydrogen) atoms. The number of aliphatic hydroxyl groups excluding tert-OH is 2. The first-order chi connectivity index (χ1) is 8.10. The average Bonchev–Trinajstić information content (AvgIpc) is 2.65. The highest BCUT2D eigenvalue weighted by Crippen LogP contribution is 2.31. The normalized spacial score (nSPS) is 15.2. The standard InChI is InChI=1S/C11H19BrN2O2S/c1-8(13)11(10-6-9(12)7-17-10)14(2-4-15)3-5-16/h6-8,11,15-16H,2-5,13H2,1H3. The van der Waals surface area contributed by atoms with Crippen LogP contribution in [0.3, 0.4) is 0 Å². The van der Waals surface area contributed by atoms with Crippen LogP contribution in [-0.4, -0.2) is 47.5 Å². The van der Waals surface area contributed by atoms with Gasteiger partial charge in [-0.25, -0.2) is 0 Å². The van der Waals surface area contributed by atoms with Gasteiger partial charge in [-0.2, -0.15) is 0 Å². The van der Waals surface area contributed by atoms with Crippen LogP contribution in [0.15, 0.2) is 15.9 Å². The molecule has 0 aliphatic carbocycles. The second-order valence-corrected chi connectivity index (χ2v) is 5.81. The zero-order chi connectivity index (χ0) is 12.8. The highest BCUT2D eigenvalue weighted by Gasteiger charge is 2.24. The molecule has 2 atom stereocenters. The van der Waals surface area contributed by atoms with E-state index in [1.54, 1.807) is 11.3 Å². The molecule has 0 saturated heterocycles. The molecule has 2 unspecified atom stereocenters. The van der Waals surface area contributed by atoms with Crippen LogP contribution >= 0.6 is 27.3 Å². The van der Waals surface area contributed by atoms with Crippen molar-refractivity contribution >= 4 is 27.3 Å². The lowest BCUT2D eigenvalue weighted by atomic mass is 10.1. The predicted octanol–water partition coefficient (Wildman–Crippen LogP) is 1.19. The van der Waals surface area contributed by atoms with Crippen molar-refractivity contribution < 1.29 is 10.2 Å². The summed E-state index contributed by atoms with van der Waals surface area (Å²) in [6.45, 7) is 3.11. The summed E-state index contributed by atoms with van der Waals surface area (Å²) in [7, 11) is 0. The Morgan fingerprint density at radius 3 is 2.35 bits per heavy atom. The van der Waals surface area contributed by atoms with Gasteiger partial charge < -0.3 is 15.9 Å². The number of hydrogen-bond donors (Lipinski definition) is 3. The van der Waals surface area contributed by atoms with Gasteiger partial charge in [0.15, 0.2) is 0 Å². The fourth-order valence-corrected chi connectivity index (χ4v) is 3.60. The molecule has 98 valence electrons. The van der Waals surface area contributed by atoms with Gasteiger partial charge in [-0.1, -0.05) is 0 Å². The first kappa shape index (κ1) is 15.1. The van der Waals surface area contributed by atoms with Crippen LogP contribution in [0.2, 0.25) is 0 Å². The zero-order valence-electron chi connectivity index (χ0n) is 9.84. The zero-order valence-corrected chi connectivity index (χ0v) is 12.2. The van der Waals surface area contributed by atoms with Crippen LogP contribution in [0.5, 0.6) is 0 Å². The molecule has 0 fully saturated rings. The lowest BCUT2D eigenvalue weighted by Gasteiger charge is -2.32. The van der Waals surface area contributed by atoms with Gasteiger partial charge in [0.1, 0.15) is 0 Å². The van der Waals surface area contributed by atoms with Crippen LogP contribution in [0, 0.1) is 0 Å². The van der Waals surface area contributed by atoms with Gasteiger partial charge in [-0.05, 0) is 28.9 Å². The fraction of sp³-hybridized carbons (Fsp3) is 0.636. The van der Waals surface area contributed by atoms with Gasteiger partial charge in [-0.3, -0.25) is 4.90 Å². The van der Waals surface area contributed by atoms with E-state index in [9.17, 15) is 0 Å². The molecular weight excluding hydrogens is 304 g/mol. The van der Waals surface area contributed by atoms with Crippen molar-refractivity contribution in [1.82, 2.24) is 4.90 Å². The fourth-order valence-electron chi connectivity index (χ4n) is 1.90. The molecule has 0 aromatic carbocycles. The summed E-state index contributed by atoms with van der Waals surface area (Å²) >= 11 is 5.06. The Morgan fingerprint density at radius 1 is 1.41 bits per heavy atom. The number of rotatable bonds is 7. The van der Waals surface area contributed by atoms with Crippen LogP contribution in [0.1, 0.15) is 17.8 Å². The summed E-state index contributed by atoms with van der Waals surface area (Å²) in [5, 5.41) is 20.2. The van der Waals surface area contributed by atoms with E-state index in [-0.39, 0.29) is 25.3 Å². The molecule has 0 saturated carbocycles. The smallest absolute Gasteiger partial charge is 0.0592 e. The van der Waals surface area contributed by atoms with E-state index in [1.807, 2.05) is 23.3 Å². The third-order valence-electron chi connectivity index (χ3n) is 2.55. The van der Waals surface area contributed by atoms with E-state index in [0.29, 0.717) is 13.1 Å². The van der Waals surface area contributed by atoms with Gasteiger partial charge in [0.25, 0.3) is 0 Å². The lowest BCUT2D eigenvalue weighted by Crippen LogP contribution is -2.42. The molecule has 1 heterocycles. The van der Waals surface area contributed by atoms with Crippen molar-refractivity contribution in [2.24, 2.45) is 5.73 Å². The Labute approximate surface area is 114 Å². The number of aliphatic hydroxyl groups is 2. The Morgan fingerprint density at radius 2 is 2.00 bits per heavy atom. The molecule has 6 heteroatoms. The third-order valence-corrected chi connectivity index (χ3v) is 4.31. The molecule has 0 radical (unpaired) electrons. The average molecular weight is 323 g/mol. The van der Waals surface area contributed by atoms with Crippen molar-refractivity contribution in [3.05, 3.63) is 20.8 Å². The van der Waals surface area contributed by atoms with Gasteiger partial charge in [0, 0.05) is 33.9 Å². The molecule has 0 aliphatic heterocycles. The van der Waals surface area contributed by atoms with Crippen molar-refractivity contribution in [2.45, 2.75) is 19.0 Å². The molecule has 0 bridgehead atoms. The second kappa shape index (κ2) is 7.45. The molecular formula is C11H19BrN2O2S. The predicted molar refractivity (Wildman–Crippen MR) is 74.2 cm³/mol. The molecule has 4 nitrogen and oxygen atoms in total. The van der Waals surface area contributed by atoms with Crippen LogP contribution in [-0.2, 0) is 0 Å². The van der Waals surface area contributed by atoms with E-state index >= 15 is 0 Å². The van der Waals surface area contributed by atoms with E-state index in [1.165, 1.54) is 0 Å². The first-order valence-corrected chi connectivity index (χ1v) is 7.22. The molecule has 0 spiro atoms. The molecule has 1 aromatic heterocycles. The first-order valence-electron chi connectivity index (χ1n) is 5.55. The Bertz CT molecular complexity index is 327. The number of nitrogens with zero attached hydrogens (tertiary/aromatic N) is 1. The van der Waals surface area contributed by atoms with Gasteiger partial charge in [0.2, 0.25) is 0 Å². The van der Waals surface area contributed by atoms with E-state index in [4.69, 9.17) is 15.9 Å². The van der Waals surface area contributed by atoms with Crippen LogP contribution < -0.4 is 5.73 Å². The maximum absolute atomic E-state index is 9.08. The Balaban J connectivity index is 2.89. The van der Waals surface area contributed by atoms with Gasteiger partial charge in [0.05, 0.1) is 19.3 Å². The molecule has 1 aromatic rings. The van der Waals surface area contributed by atoms with Crippen molar-refractivity contribution in [3.63, 3.8) is 0 Å². The summed E-state index contributed by atoms with van der Waals surface area (Å²) in [4.78, 5) is 3.16. The molecule has 1 rings (SSSR count). The largest absolute Gasteiger partial charge is 0.395 e. The Hall–Kier alpha value is 0.0200. The second-order valence-electron chi connectivity index (χ2n) is 3.95. The topological polar surface area (TPSA) is 69.7 Å². The number of nitrogens with two attached hydrogens (primary N) is 1. The number of hydrogen-bond acceptors (Lipinski definition) is 5.